The molecule has 0 saturated heterocycles. The van der Waals surface area contributed by atoms with E-state index in [1.807, 2.05) is 0 Å². The topological polar surface area (TPSA) is 93.6 Å². The minimum atomic E-state index is -4.35. The summed E-state index contributed by atoms with van der Waals surface area (Å²) in [6, 6.07) is 5.38. The van der Waals surface area contributed by atoms with Gasteiger partial charge in [0.1, 0.15) is 10.4 Å². The predicted molar refractivity (Wildman–Crippen MR) is 58.2 cm³/mol. The molecule has 0 aliphatic carbocycles. The summed E-state index contributed by atoms with van der Waals surface area (Å²) in [5.74, 6) is 0.128. The highest BCUT2D eigenvalue weighted by Gasteiger charge is 2.16. The van der Waals surface area contributed by atoms with Crippen LogP contribution in [-0.2, 0) is 14.9 Å². The monoisotopic (exact) mass is 253 g/mol. The lowest BCUT2D eigenvalue weighted by Gasteiger charge is -2.06. The Bertz CT molecular complexity index is 680. The average Bonchev–Trinajstić information content (AvgIpc) is 2.28. The number of carbonyl (C=O) groups is 1. The van der Waals surface area contributed by atoms with Gasteiger partial charge in [-0.2, -0.15) is 8.42 Å². The van der Waals surface area contributed by atoms with Crippen molar-refractivity contribution in [3.05, 3.63) is 30.5 Å². The van der Waals surface area contributed by atoms with E-state index in [2.05, 4.69) is 9.72 Å². The molecule has 0 radical (unpaired) electrons. The summed E-state index contributed by atoms with van der Waals surface area (Å²) in [6.07, 6.45) is 1.42. The van der Waals surface area contributed by atoms with Crippen LogP contribution in [0.1, 0.15) is 0 Å². The molecule has 0 bridgehead atoms. The van der Waals surface area contributed by atoms with Gasteiger partial charge in [0.2, 0.25) is 0 Å². The first-order chi connectivity index (χ1) is 8.04. The summed E-state index contributed by atoms with van der Waals surface area (Å²) in [7, 11) is -4.35. The molecule has 88 valence electrons. The molecule has 0 atom stereocenters. The highest BCUT2D eigenvalue weighted by molar-refractivity contribution is 7.86. The fraction of sp³-hybridized carbons (Fsp3) is 0. The fourth-order valence-corrected chi connectivity index (χ4v) is 2.18. The molecule has 0 unspecified atom stereocenters. The van der Waals surface area contributed by atoms with Gasteiger partial charge in [-0.3, -0.25) is 14.3 Å². The third-order valence-corrected chi connectivity index (χ3v) is 3.06. The van der Waals surface area contributed by atoms with E-state index in [1.54, 1.807) is 0 Å². The molecule has 2 rings (SSSR count). The quantitative estimate of drug-likeness (QED) is 0.648. The van der Waals surface area contributed by atoms with Crippen molar-refractivity contribution >= 4 is 27.5 Å². The molecule has 1 aromatic heterocycles. The zero-order valence-corrected chi connectivity index (χ0v) is 9.22. The van der Waals surface area contributed by atoms with E-state index in [1.165, 1.54) is 24.4 Å². The molecule has 7 heteroatoms. The van der Waals surface area contributed by atoms with Crippen molar-refractivity contribution in [2.75, 3.05) is 0 Å². The number of pyridine rings is 1. The summed E-state index contributed by atoms with van der Waals surface area (Å²) in [5.41, 5.74) is 0.190. The average molecular weight is 253 g/mol. The number of aromatic nitrogens is 1. The SMILES string of the molecule is O=COc1ccc(S(=O)(=O)O)c2cccnc12. The van der Waals surface area contributed by atoms with Crippen LogP contribution in [-0.4, -0.2) is 24.4 Å². The van der Waals surface area contributed by atoms with Crippen molar-refractivity contribution in [1.29, 1.82) is 0 Å². The van der Waals surface area contributed by atoms with Crippen LogP contribution >= 0.6 is 0 Å². The largest absolute Gasteiger partial charge is 0.426 e. The smallest absolute Gasteiger partial charge is 0.298 e. The number of hydrogen-bond acceptors (Lipinski definition) is 5. The van der Waals surface area contributed by atoms with Crippen LogP contribution in [0.5, 0.6) is 5.75 Å². The Labute approximate surface area is 96.6 Å². The van der Waals surface area contributed by atoms with Gasteiger partial charge in [0.05, 0.1) is 0 Å². The van der Waals surface area contributed by atoms with Crippen LogP contribution in [0.4, 0.5) is 0 Å². The minimum absolute atomic E-state index is 0.128. The number of rotatable bonds is 3. The van der Waals surface area contributed by atoms with Crippen LogP contribution in [0.25, 0.3) is 10.9 Å². The van der Waals surface area contributed by atoms with Crippen LogP contribution in [0, 0.1) is 0 Å². The Morgan fingerprint density at radius 3 is 2.71 bits per heavy atom. The molecule has 0 spiro atoms. The Morgan fingerprint density at radius 1 is 1.29 bits per heavy atom. The van der Waals surface area contributed by atoms with Crippen molar-refractivity contribution in [2.45, 2.75) is 4.90 Å². The number of nitrogens with zero attached hydrogens (tertiary/aromatic N) is 1. The maximum absolute atomic E-state index is 11.1. The zero-order valence-electron chi connectivity index (χ0n) is 8.40. The van der Waals surface area contributed by atoms with E-state index in [-0.39, 0.29) is 28.0 Å². The van der Waals surface area contributed by atoms with Gasteiger partial charge in [-0.25, -0.2) is 0 Å². The summed E-state index contributed by atoms with van der Waals surface area (Å²) in [4.78, 5) is 13.9. The van der Waals surface area contributed by atoms with Gasteiger partial charge in [-0.1, -0.05) is 0 Å². The Balaban J connectivity index is 2.84. The molecule has 0 fully saturated rings. The molecule has 1 heterocycles. The third kappa shape index (κ3) is 2.10. The Hall–Kier alpha value is -1.99. The fourth-order valence-electron chi connectivity index (χ4n) is 1.49. The van der Waals surface area contributed by atoms with Gasteiger partial charge in [-0.15, -0.1) is 0 Å². The molecule has 0 amide bonds. The summed E-state index contributed by atoms with van der Waals surface area (Å²) in [5, 5.41) is 0.189. The van der Waals surface area contributed by atoms with Gasteiger partial charge in [0.25, 0.3) is 16.6 Å². The molecule has 1 N–H and O–H groups in total. The molecule has 6 nitrogen and oxygen atoms in total. The van der Waals surface area contributed by atoms with Crippen LogP contribution < -0.4 is 4.74 Å². The van der Waals surface area contributed by atoms with Crippen LogP contribution in [0.3, 0.4) is 0 Å². The van der Waals surface area contributed by atoms with Crippen molar-refractivity contribution in [2.24, 2.45) is 0 Å². The van der Waals surface area contributed by atoms with E-state index >= 15 is 0 Å². The molecule has 0 saturated carbocycles. The van der Waals surface area contributed by atoms with E-state index < -0.39 is 10.1 Å². The molecule has 0 aliphatic heterocycles. The number of carbonyl (C=O) groups excluding carboxylic acids is 1. The van der Waals surface area contributed by atoms with Crippen molar-refractivity contribution in [3.63, 3.8) is 0 Å². The lowest BCUT2D eigenvalue weighted by Crippen LogP contribution is -2.01. The van der Waals surface area contributed by atoms with Crippen molar-refractivity contribution < 1.29 is 22.5 Å². The third-order valence-electron chi connectivity index (χ3n) is 2.15. The van der Waals surface area contributed by atoms with Gasteiger partial charge in [0.15, 0.2) is 5.75 Å². The second-order valence-corrected chi connectivity index (χ2v) is 4.54. The zero-order chi connectivity index (χ0) is 12.5. The molecular weight excluding hydrogens is 246 g/mol. The minimum Gasteiger partial charge on any atom is -0.426 e. The first kappa shape index (κ1) is 11.5. The first-order valence-electron chi connectivity index (χ1n) is 4.49. The van der Waals surface area contributed by atoms with Crippen molar-refractivity contribution in [1.82, 2.24) is 4.98 Å². The van der Waals surface area contributed by atoms with E-state index in [4.69, 9.17) is 4.55 Å². The Kier molecular flexibility index (Phi) is 2.78. The predicted octanol–water partition coefficient (Wildman–Crippen LogP) is 1.02. The standard InChI is InChI=1S/C10H7NO5S/c12-6-16-8-3-4-9(17(13,14)15)7-2-1-5-11-10(7)8/h1-6H,(H,13,14,15). The highest BCUT2D eigenvalue weighted by Crippen LogP contribution is 2.28. The van der Waals surface area contributed by atoms with Crippen LogP contribution in [0.2, 0.25) is 0 Å². The number of hydrogen-bond donors (Lipinski definition) is 1. The number of fused-ring (bicyclic) bond motifs is 1. The molecule has 0 aliphatic rings. The lowest BCUT2D eigenvalue weighted by molar-refractivity contribution is -0.120. The second kappa shape index (κ2) is 4.11. The van der Waals surface area contributed by atoms with Crippen molar-refractivity contribution in [3.8, 4) is 5.75 Å². The van der Waals surface area contributed by atoms with Crippen LogP contribution in [0.15, 0.2) is 35.4 Å². The Morgan fingerprint density at radius 2 is 2.06 bits per heavy atom. The van der Waals surface area contributed by atoms with E-state index in [0.29, 0.717) is 0 Å². The highest BCUT2D eigenvalue weighted by atomic mass is 32.2. The summed E-state index contributed by atoms with van der Waals surface area (Å²) < 4.78 is 36.0. The van der Waals surface area contributed by atoms with E-state index in [0.717, 1.165) is 6.07 Å². The lowest BCUT2D eigenvalue weighted by atomic mass is 10.2. The molecule has 1 aromatic carbocycles. The van der Waals surface area contributed by atoms with Gasteiger partial charge < -0.3 is 4.74 Å². The van der Waals surface area contributed by atoms with Gasteiger partial charge in [0, 0.05) is 11.6 Å². The molecule has 17 heavy (non-hydrogen) atoms. The second-order valence-electron chi connectivity index (χ2n) is 3.15. The molecule has 2 aromatic rings. The van der Waals surface area contributed by atoms with E-state index in [9.17, 15) is 13.2 Å². The van der Waals surface area contributed by atoms with Gasteiger partial charge in [-0.05, 0) is 24.3 Å². The number of ether oxygens (including phenoxy) is 1. The summed E-state index contributed by atoms with van der Waals surface area (Å²) >= 11 is 0. The summed E-state index contributed by atoms with van der Waals surface area (Å²) in [6.45, 7) is 0.219. The maximum atomic E-state index is 11.1. The maximum Gasteiger partial charge on any atom is 0.298 e. The number of benzene rings is 1. The van der Waals surface area contributed by atoms with Gasteiger partial charge >= 0.3 is 0 Å². The first-order valence-corrected chi connectivity index (χ1v) is 5.93. The molecular formula is C10H7NO5S. The normalized spacial score (nSPS) is 11.4.